The highest BCUT2D eigenvalue weighted by molar-refractivity contribution is 7.21. The number of halogens is 1. The molecule has 0 atom stereocenters. The Morgan fingerprint density at radius 3 is 2.37 bits per heavy atom. The first kappa shape index (κ1) is 25.2. The normalized spacial score (nSPS) is 11.0. The summed E-state index contributed by atoms with van der Waals surface area (Å²) in [6.07, 6.45) is 1.45. The summed E-state index contributed by atoms with van der Waals surface area (Å²) in [6, 6.07) is 31.8. The van der Waals surface area contributed by atoms with Crippen LogP contribution >= 0.6 is 22.9 Å². The lowest BCUT2D eigenvalue weighted by Crippen LogP contribution is -2.24. The Morgan fingerprint density at radius 2 is 1.58 bits per heavy atom. The first-order valence-electron chi connectivity index (χ1n) is 11.7. The van der Waals surface area contributed by atoms with Gasteiger partial charge >= 0.3 is 5.97 Å². The maximum Gasteiger partial charge on any atom is 0.355 e. The fraction of sp³-hybridized carbons (Fsp3) is 0.0333. The van der Waals surface area contributed by atoms with Gasteiger partial charge in [-0.05, 0) is 47.0 Å². The third kappa shape index (κ3) is 6.08. The van der Waals surface area contributed by atoms with Crippen LogP contribution in [0.3, 0.4) is 0 Å². The van der Waals surface area contributed by atoms with Crippen molar-refractivity contribution in [2.24, 2.45) is 5.10 Å². The highest BCUT2D eigenvalue weighted by atomic mass is 35.5. The van der Waals surface area contributed by atoms with Gasteiger partial charge in [-0.25, -0.2) is 10.2 Å². The van der Waals surface area contributed by atoms with Gasteiger partial charge in [0.25, 0.3) is 5.91 Å². The van der Waals surface area contributed by atoms with Gasteiger partial charge in [-0.2, -0.15) is 5.10 Å². The Labute approximate surface area is 228 Å². The van der Waals surface area contributed by atoms with E-state index in [1.165, 1.54) is 17.6 Å². The molecule has 6 nitrogen and oxygen atoms in total. The van der Waals surface area contributed by atoms with E-state index < -0.39 is 11.9 Å². The van der Waals surface area contributed by atoms with Crippen molar-refractivity contribution in [1.82, 2.24) is 5.43 Å². The lowest BCUT2D eigenvalue weighted by Gasteiger charge is -2.07. The van der Waals surface area contributed by atoms with Crippen molar-refractivity contribution in [1.29, 1.82) is 0 Å². The van der Waals surface area contributed by atoms with E-state index >= 15 is 0 Å². The molecular weight excluding hydrogens is 520 g/mol. The molecule has 0 fully saturated rings. The predicted octanol–water partition coefficient (Wildman–Crippen LogP) is 6.97. The second kappa shape index (κ2) is 11.7. The minimum atomic E-state index is -0.535. The van der Waals surface area contributed by atoms with Crippen molar-refractivity contribution in [3.8, 4) is 22.6 Å². The molecule has 0 aliphatic carbocycles. The van der Waals surface area contributed by atoms with Crippen molar-refractivity contribution in [2.45, 2.75) is 0 Å². The molecule has 0 saturated heterocycles. The van der Waals surface area contributed by atoms with Crippen molar-refractivity contribution in [3.63, 3.8) is 0 Å². The first-order valence-corrected chi connectivity index (χ1v) is 12.9. The molecule has 0 radical (unpaired) electrons. The van der Waals surface area contributed by atoms with Crippen LogP contribution < -0.4 is 14.9 Å². The van der Waals surface area contributed by atoms with E-state index in [1.807, 2.05) is 78.9 Å². The molecule has 8 heteroatoms. The van der Waals surface area contributed by atoms with E-state index in [0.29, 0.717) is 27.0 Å². The van der Waals surface area contributed by atoms with Gasteiger partial charge in [-0.1, -0.05) is 84.4 Å². The van der Waals surface area contributed by atoms with Gasteiger partial charge in [0.15, 0.2) is 6.61 Å². The second-order valence-corrected chi connectivity index (χ2v) is 9.61. The number of hydrogen-bond donors (Lipinski definition) is 1. The number of rotatable bonds is 8. The quantitative estimate of drug-likeness (QED) is 0.0997. The van der Waals surface area contributed by atoms with Gasteiger partial charge in [0.2, 0.25) is 0 Å². The lowest BCUT2D eigenvalue weighted by atomic mass is 10.1. The number of carbonyl (C=O) groups is 2. The molecular formula is C30H21ClN2O4S. The van der Waals surface area contributed by atoms with Crippen LogP contribution in [0.4, 0.5) is 0 Å². The van der Waals surface area contributed by atoms with Gasteiger partial charge in [-0.15, -0.1) is 11.3 Å². The highest BCUT2D eigenvalue weighted by Crippen LogP contribution is 2.35. The molecule has 0 bridgehead atoms. The molecule has 5 aromatic rings. The van der Waals surface area contributed by atoms with Crippen LogP contribution in [-0.2, 0) is 4.79 Å². The third-order valence-corrected chi connectivity index (χ3v) is 7.18. The molecule has 38 heavy (non-hydrogen) atoms. The summed E-state index contributed by atoms with van der Waals surface area (Å²) < 4.78 is 12.0. The van der Waals surface area contributed by atoms with Crippen LogP contribution in [-0.4, -0.2) is 24.7 Å². The fourth-order valence-electron chi connectivity index (χ4n) is 3.69. The Balaban J connectivity index is 1.13. The number of fused-ring (bicyclic) bond motifs is 1. The fourth-order valence-corrected chi connectivity index (χ4v) is 5.08. The Kier molecular flexibility index (Phi) is 7.78. The smallest absolute Gasteiger partial charge is 0.355 e. The molecule has 1 N–H and O–H groups in total. The van der Waals surface area contributed by atoms with E-state index in [1.54, 1.807) is 24.3 Å². The number of nitrogens with one attached hydrogen (secondary N) is 1. The van der Waals surface area contributed by atoms with E-state index in [4.69, 9.17) is 21.1 Å². The summed E-state index contributed by atoms with van der Waals surface area (Å²) in [5.74, 6) is -0.0268. The molecule has 0 spiro atoms. The molecule has 188 valence electrons. The standard InChI is InChI=1S/C30H21ClN2O4S/c31-28-25-11-4-5-12-26(25)38-29(28)30(35)37-24-10-6-7-20(17-24)18-32-33-27(34)19-36-23-15-13-22(14-16-23)21-8-2-1-3-9-21/h1-18H,19H2,(H,33,34). The number of hydrogen-bond acceptors (Lipinski definition) is 6. The van der Waals surface area contributed by atoms with Crippen molar-refractivity contribution in [3.05, 3.63) is 119 Å². The van der Waals surface area contributed by atoms with Crippen molar-refractivity contribution < 1.29 is 19.1 Å². The highest BCUT2D eigenvalue weighted by Gasteiger charge is 2.19. The summed E-state index contributed by atoms with van der Waals surface area (Å²) >= 11 is 7.67. The van der Waals surface area contributed by atoms with Crippen molar-refractivity contribution in [2.75, 3.05) is 6.61 Å². The molecule has 1 amide bonds. The maximum absolute atomic E-state index is 12.7. The molecule has 4 aromatic carbocycles. The first-order chi connectivity index (χ1) is 18.6. The van der Waals surface area contributed by atoms with Gasteiger partial charge in [0.1, 0.15) is 16.4 Å². The van der Waals surface area contributed by atoms with Crippen molar-refractivity contribution >= 4 is 51.1 Å². The molecule has 1 heterocycles. The van der Waals surface area contributed by atoms with Crippen LogP contribution in [0.25, 0.3) is 21.2 Å². The average Bonchev–Trinajstić information content (AvgIpc) is 3.29. The number of ether oxygens (including phenoxy) is 2. The number of nitrogens with zero attached hydrogens (tertiary/aromatic N) is 1. The summed E-state index contributed by atoms with van der Waals surface area (Å²) in [7, 11) is 0. The summed E-state index contributed by atoms with van der Waals surface area (Å²) in [5.41, 5.74) is 5.23. The Morgan fingerprint density at radius 1 is 0.842 bits per heavy atom. The lowest BCUT2D eigenvalue weighted by molar-refractivity contribution is -0.123. The third-order valence-electron chi connectivity index (χ3n) is 5.52. The Bertz CT molecular complexity index is 1610. The van der Waals surface area contributed by atoms with Crippen LogP contribution in [0.2, 0.25) is 5.02 Å². The zero-order valence-corrected chi connectivity index (χ0v) is 21.5. The molecule has 0 aliphatic heterocycles. The van der Waals surface area contributed by atoms with E-state index in [2.05, 4.69) is 10.5 Å². The summed E-state index contributed by atoms with van der Waals surface area (Å²) in [4.78, 5) is 25.2. The number of esters is 1. The van der Waals surface area contributed by atoms with E-state index in [0.717, 1.165) is 21.2 Å². The molecule has 0 aliphatic rings. The number of carbonyl (C=O) groups excluding carboxylic acids is 2. The number of hydrazone groups is 1. The second-order valence-electron chi connectivity index (χ2n) is 8.18. The van der Waals surface area contributed by atoms with E-state index in [9.17, 15) is 9.59 Å². The Hall–Kier alpha value is -4.46. The summed E-state index contributed by atoms with van der Waals surface area (Å²) in [5, 5.41) is 5.16. The molecule has 0 saturated carbocycles. The molecule has 1 aromatic heterocycles. The topological polar surface area (TPSA) is 77.0 Å². The van der Waals surface area contributed by atoms with Gasteiger partial charge in [0, 0.05) is 10.1 Å². The van der Waals surface area contributed by atoms with Crippen LogP contribution in [0.5, 0.6) is 11.5 Å². The SMILES string of the molecule is O=C(COc1ccc(-c2ccccc2)cc1)NN=Cc1cccc(OC(=O)c2sc3ccccc3c2Cl)c1. The van der Waals surface area contributed by atoms with Gasteiger partial charge < -0.3 is 9.47 Å². The molecule has 0 unspecified atom stereocenters. The largest absolute Gasteiger partial charge is 0.484 e. The van der Waals surface area contributed by atoms with Gasteiger partial charge in [-0.3, -0.25) is 4.79 Å². The monoisotopic (exact) mass is 540 g/mol. The zero-order chi connectivity index (χ0) is 26.3. The van der Waals surface area contributed by atoms with Crippen LogP contribution in [0.15, 0.2) is 108 Å². The van der Waals surface area contributed by atoms with Gasteiger partial charge in [0.05, 0.1) is 11.2 Å². The van der Waals surface area contributed by atoms with E-state index in [-0.39, 0.29) is 6.61 Å². The molecule has 5 rings (SSSR count). The number of benzene rings is 4. The summed E-state index contributed by atoms with van der Waals surface area (Å²) in [6.45, 7) is -0.185. The van der Waals surface area contributed by atoms with Crippen LogP contribution in [0.1, 0.15) is 15.2 Å². The predicted molar refractivity (Wildman–Crippen MR) is 151 cm³/mol. The number of thiophene rings is 1. The minimum absolute atomic E-state index is 0.185. The minimum Gasteiger partial charge on any atom is -0.484 e. The van der Waals surface area contributed by atoms with Crippen LogP contribution in [0, 0.1) is 0 Å². The maximum atomic E-state index is 12.7. The number of amides is 1. The average molecular weight is 541 g/mol. The zero-order valence-electron chi connectivity index (χ0n) is 20.0.